The number of ketones is 2. The smallest absolute Gasteiger partial charge is 0.149 e. The van der Waals surface area contributed by atoms with Crippen molar-refractivity contribution in [3.63, 3.8) is 0 Å². The first-order valence-corrected chi connectivity index (χ1v) is 5.70. The largest absolute Gasteiger partial charge is 0.394 e. The van der Waals surface area contributed by atoms with Crippen LogP contribution in [0.5, 0.6) is 0 Å². The Morgan fingerprint density at radius 3 is 2.41 bits per heavy atom. The fraction of sp³-hybridized carbons (Fsp3) is 0.750. The summed E-state index contributed by atoms with van der Waals surface area (Å²) >= 11 is 0. The zero-order chi connectivity index (χ0) is 13.1. The molecule has 0 amide bonds. The van der Waals surface area contributed by atoms with Crippen molar-refractivity contribution in [1.82, 2.24) is 0 Å². The van der Waals surface area contributed by atoms with Crippen LogP contribution in [0.25, 0.3) is 0 Å². The number of hydrogen-bond donors (Lipinski definition) is 2. The Bertz CT molecular complexity index is 315. The SMILES string of the molecule is CC1(C)CC(=O)C(C=NC[C@H](O)CO)C(=O)C1. The first kappa shape index (κ1) is 14.0. The highest BCUT2D eigenvalue weighted by Gasteiger charge is 2.38. The van der Waals surface area contributed by atoms with E-state index in [-0.39, 0.29) is 30.1 Å². The summed E-state index contributed by atoms with van der Waals surface area (Å²) in [7, 11) is 0. The number of aliphatic hydroxyl groups is 2. The Morgan fingerprint density at radius 1 is 1.41 bits per heavy atom. The van der Waals surface area contributed by atoms with Gasteiger partial charge in [-0.1, -0.05) is 13.8 Å². The Morgan fingerprint density at radius 2 is 1.94 bits per heavy atom. The van der Waals surface area contributed by atoms with Crippen LogP contribution in [0.2, 0.25) is 0 Å². The van der Waals surface area contributed by atoms with Gasteiger partial charge in [-0.25, -0.2) is 0 Å². The van der Waals surface area contributed by atoms with Crippen molar-refractivity contribution >= 4 is 17.8 Å². The summed E-state index contributed by atoms with van der Waals surface area (Å²) < 4.78 is 0. The van der Waals surface area contributed by atoms with Crippen LogP contribution in [0, 0.1) is 11.3 Å². The monoisotopic (exact) mass is 241 g/mol. The van der Waals surface area contributed by atoms with Crippen molar-refractivity contribution in [1.29, 1.82) is 0 Å². The van der Waals surface area contributed by atoms with Gasteiger partial charge in [0, 0.05) is 19.1 Å². The first-order valence-electron chi connectivity index (χ1n) is 5.70. The van der Waals surface area contributed by atoms with E-state index in [1.165, 1.54) is 6.21 Å². The molecule has 17 heavy (non-hydrogen) atoms. The number of rotatable bonds is 4. The van der Waals surface area contributed by atoms with Gasteiger partial charge >= 0.3 is 0 Å². The van der Waals surface area contributed by atoms with Crippen LogP contribution in [0.15, 0.2) is 4.99 Å². The number of Topliss-reactive ketones (excluding diaryl/α,β-unsaturated/α-hetero) is 2. The molecule has 0 bridgehead atoms. The number of carbonyl (C=O) groups is 2. The standard InChI is InChI=1S/C12H19NO4/c1-12(2)3-10(16)9(11(17)4-12)6-13-5-8(15)7-14/h6,8-9,14-15H,3-5,7H2,1-2H3/t8-/m0/s1. The topological polar surface area (TPSA) is 87.0 Å². The molecule has 1 fully saturated rings. The third-order valence-corrected chi connectivity index (χ3v) is 2.78. The lowest BCUT2D eigenvalue weighted by Crippen LogP contribution is -2.38. The highest BCUT2D eigenvalue weighted by Crippen LogP contribution is 2.33. The lowest BCUT2D eigenvalue weighted by molar-refractivity contribution is -0.136. The van der Waals surface area contributed by atoms with Gasteiger partial charge < -0.3 is 10.2 Å². The van der Waals surface area contributed by atoms with Gasteiger partial charge in [-0.15, -0.1) is 0 Å². The summed E-state index contributed by atoms with van der Waals surface area (Å²) in [6.07, 6.45) is 1.12. The summed E-state index contributed by atoms with van der Waals surface area (Å²) in [5.41, 5.74) is -0.261. The minimum Gasteiger partial charge on any atom is -0.394 e. The Hall–Kier alpha value is -1.07. The van der Waals surface area contributed by atoms with Crippen LogP contribution >= 0.6 is 0 Å². The Balaban J connectivity index is 2.60. The third-order valence-electron chi connectivity index (χ3n) is 2.78. The lowest BCUT2D eigenvalue weighted by Gasteiger charge is -2.30. The molecule has 0 unspecified atom stereocenters. The molecule has 0 spiro atoms. The summed E-state index contributed by atoms with van der Waals surface area (Å²) in [6.45, 7) is 3.42. The Labute approximate surface area is 101 Å². The number of nitrogens with zero attached hydrogens (tertiary/aromatic N) is 1. The fourth-order valence-corrected chi connectivity index (χ4v) is 1.92. The fourth-order valence-electron chi connectivity index (χ4n) is 1.92. The maximum atomic E-state index is 11.7. The van der Waals surface area contributed by atoms with E-state index in [1.54, 1.807) is 0 Å². The molecule has 1 atom stereocenters. The van der Waals surface area contributed by atoms with Gasteiger partial charge in [-0.05, 0) is 5.41 Å². The molecule has 0 aromatic heterocycles. The average Bonchev–Trinajstić information content (AvgIpc) is 2.20. The van der Waals surface area contributed by atoms with E-state index in [1.807, 2.05) is 13.8 Å². The van der Waals surface area contributed by atoms with E-state index in [0.717, 1.165) is 0 Å². The van der Waals surface area contributed by atoms with Gasteiger partial charge in [-0.3, -0.25) is 14.6 Å². The second-order valence-corrected chi connectivity index (χ2v) is 5.28. The second-order valence-electron chi connectivity index (χ2n) is 5.28. The van der Waals surface area contributed by atoms with Crippen LogP contribution in [0.3, 0.4) is 0 Å². The van der Waals surface area contributed by atoms with Gasteiger partial charge in [0.1, 0.15) is 17.5 Å². The van der Waals surface area contributed by atoms with E-state index in [2.05, 4.69) is 4.99 Å². The second kappa shape index (κ2) is 5.51. The first-order chi connectivity index (χ1) is 7.85. The molecular weight excluding hydrogens is 222 g/mol. The molecule has 1 saturated carbocycles. The summed E-state index contributed by atoms with van der Waals surface area (Å²) in [6, 6.07) is 0. The number of carbonyl (C=O) groups excluding carboxylic acids is 2. The predicted octanol–water partition coefficient (Wildman–Crippen LogP) is -0.0152. The van der Waals surface area contributed by atoms with Gasteiger partial charge in [-0.2, -0.15) is 0 Å². The molecule has 0 aromatic rings. The van der Waals surface area contributed by atoms with Gasteiger partial charge in [0.25, 0.3) is 0 Å². The number of aliphatic imine (C=N–C) groups is 1. The molecule has 0 radical (unpaired) electrons. The van der Waals surface area contributed by atoms with Crippen LogP contribution < -0.4 is 0 Å². The molecule has 96 valence electrons. The minimum atomic E-state index is -0.934. The van der Waals surface area contributed by atoms with Gasteiger partial charge in [0.05, 0.1) is 19.3 Å². The van der Waals surface area contributed by atoms with Crippen molar-refractivity contribution in [3.05, 3.63) is 0 Å². The van der Waals surface area contributed by atoms with Crippen LogP contribution in [-0.2, 0) is 9.59 Å². The zero-order valence-corrected chi connectivity index (χ0v) is 10.2. The van der Waals surface area contributed by atoms with Crippen molar-refractivity contribution < 1.29 is 19.8 Å². The maximum absolute atomic E-state index is 11.7. The van der Waals surface area contributed by atoms with Crippen molar-refractivity contribution in [2.75, 3.05) is 13.2 Å². The molecule has 0 heterocycles. The van der Waals surface area contributed by atoms with Crippen molar-refractivity contribution in [3.8, 4) is 0 Å². The molecule has 0 saturated heterocycles. The molecule has 5 heteroatoms. The zero-order valence-electron chi connectivity index (χ0n) is 10.2. The van der Waals surface area contributed by atoms with Crippen molar-refractivity contribution in [2.24, 2.45) is 16.3 Å². The van der Waals surface area contributed by atoms with E-state index in [9.17, 15) is 9.59 Å². The normalized spacial score (nSPS) is 23.3. The average molecular weight is 241 g/mol. The molecule has 2 N–H and O–H groups in total. The number of hydrogen-bond acceptors (Lipinski definition) is 5. The van der Waals surface area contributed by atoms with Crippen LogP contribution in [-0.4, -0.2) is 47.2 Å². The van der Waals surface area contributed by atoms with Crippen LogP contribution in [0.1, 0.15) is 26.7 Å². The van der Waals surface area contributed by atoms with E-state index in [4.69, 9.17) is 10.2 Å². The lowest BCUT2D eigenvalue weighted by atomic mass is 9.72. The van der Waals surface area contributed by atoms with Crippen molar-refractivity contribution in [2.45, 2.75) is 32.8 Å². The highest BCUT2D eigenvalue weighted by molar-refractivity contribution is 6.16. The molecule has 1 aliphatic carbocycles. The van der Waals surface area contributed by atoms with E-state index < -0.39 is 12.0 Å². The molecule has 5 nitrogen and oxygen atoms in total. The van der Waals surface area contributed by atoms with Gasteiger partial charge in [0.2, 0.25) is 0 Å². The predicted molar refractivity (Wildman–Crippen MR) is 63.0 cm³/mol. The maximum Gasteiger partial charge on any atom is 0.149 e. The minimum absolute atomic E-state index is 0.0109. The molecule has 0 aliphatic heterocycles. The van der Waals surface area contributed by atoms with E-state index >= 15 is 0 Å². The Kier molecular flexibility index (Phi) is 4.54. The summed E-state index contributed by atoms with van der Waals surface area (Å²) in [4.78, 5) is 27.3. The van der Waals surface area contributed by atoms with Gasteiger partial charge in [0.15, 0.2) is 0 Å². The molecule has 1 rings (SSSR count). The highest BCUT2D eigenvalue weighted by atomic mass is 16.3. The number of aliphatic hydroxyl groups excluding tert-OH is 2. The summed E-state index contributed by atoms with van der Waals surface area (Å²) in [5.74, 6) is -1.00. The van der Waals surface area contributed by atoms with Crippen LogP contribution in [0.4, 0.5) is 0 Å². The quantitative estimate of drug-likeness (QED) is 0.535. The van der Waals surface area contributed by atoms with E-state index in [0.29, 0.717) is 12.8 Å². The summed E-state index contributed by atoms with van der Waals surface area (Å²) in [5, 5.41) is 17.7. The third kappa shape index (κ3) is 4.02. The molecule has 0 aromatic carbocycles. The molecule has 1 aliphatic rings. The molecular formula is C12H19NO4.